The molecule has 0 aromatic carbocycles. The number of allylic oxidation sites excluding steroid dienone is 4. The quantitative estimate of drug-likeness (QED) is 0.157. The Labute approximate surface area is 330 Å². The number of carboxylic acid groups (broad SMARTS) is 1. The van der Waals surface area contributed by atoms with Crippen LogP contribution in [0.4, 0.5) is 13.2 Å². The van der Waals surface area contributed by atoms with Gasteiger partial charge in [0.05, 0.1) is 11.0 Å². The lowest BCUT2D eigenvalue weighted by atomic mass is 9.34. The number of hydrogen-bond acceptors (Lipinski definition) is 7. The van der Waals surface area contributed by atoms with Crippen LogP contribution in [0.5, 0.6) is 0 Å². The third kappa shape index (κ3) is 8.23. The van der Waals surface area contributed by atoms with E-state index in [1.54, 1.807) is 0 Å². The maximum absolute atomic E-state index is 14.7. The fourth-order valence-corrected chi connectivity index (χ4v) is 11.6. The molecule has 312 valence electrons. The van der Waals surface area contributed by atoms with E-state index in [1.165, 1.54) is 0 Å². The molecule has 3 fully saturated rings. The molecule has 10 nitrogen and oxygen atoms in total. The molecule has 5 N–H and O–H groups in total. The number of carbonyl (C=O) groups is 5. The normalized spacial score (nSPS) is 34.0. The summed E-state index contributed by atoms with van der Waals surface area (Å²) in [6, 6.07) is 2.19. The number of ketones is 2. The standard InChI is InChI=1S/C41H62N4O4.C2HF3O2/c1-36(2)16-18-41(35(49)45-22-12-13-32(47)44-21-11-9-8-10-20-42)19-17-40(7)33(28(41)25-36)29(46)23-31-38(5)24-27(26-43)34(48)37(3,4)30(38)14-15-39(31,40)6;3-2(4,5)1(6)7/h23-24,28,30,33H,8-22,25,42H2,1-7H3,(H,44,47)(H,45,49);(H,6,7)/t28-,30-,33-,38-,39+,40+,41-;/m0./s1. The van der Waals surface area contributed by atoms with Crippen LogP contribution in [-0.2, 0) is 24.0 Å². The first-order valence-corrected chi connectivity index (χ1v) is 20.4. The van der Waals surface area contributed by atoms with E-state index < -0.39 is 28.4 Å². The first-order valence-electron chi connectivity index (χ1n) is 20.4. The summed E-state index contributed by atoms with van der Waals surface area (Å²) in [6.07, 6.45) is 9.52. The summed E-state index contributed by atoms with van der Waals surface area (Å²) in [5.41, 5.74) is 4.29. The Balaban J connectivity index is 0.000000908. The van der Waals surface area contributed by atoms with Crippen molar-refractivity contribution in [3.8, 4) is 6.07 Å². The highest BCUT2D eigenvalue weighted by Gasteiger charge is 2.70. The minimum absolute atomic E-state index is 0.00219. The molecule has 2 amide bonds. The molecule has 0 radical (unpaired) electrons. The van der Waals surface area contributed by atoms with E-state index in [4.69, 9.17) is 15.6 Å². The van der Waals surface area contributed by atoms with Crippen molar-refractivity contribution >= 4 is 29.4 Å². The lowest BCUT2D eigenvalue weighted by Gasteiger charge is -2.69. The van der Waals surface area contributed by atoms with Gasteiger partial charge < -0.3 is 21.5 Å². The summed E-state index contributed by atoms with van der Waals surface area (Å²) < 4.78 is 31.7. The molecule has 0 aliphatic heterocycles. The molecular formula is C43H63F3N4O6. The van der Waals surface area contributed by atoms with Crippen LogP contribution in [0.1, 0.15) is 132 Å². The minimum Gasteiger partial charge on any atom is -0.475 e. The zero-order valence-electron chi connectivity index (χ0n) is 34.3. The Kier molecular flexibility index (Phi) is 13.2. The Bertz CT molecular complexity index is 1680. The number of carbonyl (C=O) groups excluding carboxylic acids is 4. The molecule has 0 aromatic heterocycles. The molecule has 5 aliphatic rings. The second-order valence-corrected chi connectivity index (χ2v) is 19.1. The summed E-state index contributed by atoms with van der Waals surface area (Å²) >= 11 is 0. The number of nitrogens with two attached hydrogens (primary N) is 1. The second-order valence-electron chi connectivity index (χ2n) is 19.1. The van der Waals surface area contributed by atoms with Crippen molar-refractivity contribution in [1.82, 2.24) is 10.6 Å². The van der Waals surface area contributed by atoms with Crippen molar-refractivity contribution in [2.24, 2.45) is 56.0 Å². The number of nitrogens with zero attached hydrogens (tertiary/aromatic N) is 1. The number of nitriles is 1. The fourth-order valence-electron chi connectivity index (χ4n) is 11.6. The summed E-state index contributed by atoms with van der Waals surface area (Å²) in [5, 5.41) is 23.4. The smallest absolute Gasteiger partial charge is 0.475 e. The van der Waals surface area contributed by atoms with Crippen molar-refractivity contribution < 1.29 is 42.3 Å². The zero-order valence-corrected chi connectivity index (χ0v) is 34.3. The topological polar surface area (TPSA) is 179 Å². The fraction of sp³-hybridized carbons (Fsp3) is 0.767. The minimum atomic E-state index is -5.08. The molecule has 3 saturated carbocycles. The summed E-state index contributed by atoms with van der Waals surface area (Å²) in [5.74, 6) is -3.04. The molecule has 13 heteroatoms. The van der Waals surface area contributed by atoms with Gasteiger partial charge in [0, 0.05) is 36.3 Å². The first kappa shape index (κ1) is 45.2. The highest BCUT2D eigenvalue weighted by molar-refractivity contribution is 6.04. The molecule has 7 atom stereocenters. The van der Waals surface area contributed by atoms with Gasteiger partial charge in [0.2, 0.25) is 11.8 Å². The van der Waals surface area contributed by atoms with E-state index in [1.807, 2.05) is 26.0 Å². The SMILES string of the molecule is CC1(C)CC[C@]2(C(=O)NCCCC(=O)NCCCCCCN)CC[C@]3(C)[C@H](C(=O)C=C4[C@@]5(C)C=C(C#N)C(=O)C(C)(C)[C@@H]5CC[C@]43C)[C@@H]2C1.O=C(O)C(F)(F)F. The number of nitrogens with one attached hydrogen (secondary N) is 2. The molecule has 5 aliphatic carbocycles. The number of halogens is 3. The van der Waals surface area contributed by atoms with Gasteiger partial charge in [-0.25, -0.2) is 4.79 Å². The highest BCUT2D eigenvalue weighted by Crippen LogP contribution is 2.74. The second kappa shape index (κ2) is 16.4. The highest BCUT2D eigenvalue weighted by atomic mass is 19.4. The average molecular weight is 789 g/mol. The van der Waals surface area contributed by atoms with E-state index in [-0.39, 0.29) is 63.0 Å². The largest absolute Gasteiger partial charge is 0.490 e. The lowest BCUT2D eigenvalue weighted by Crippen LogP contribution is -2.66. The van der Waals surface area contributed by atoms with Gasteiger partial charge in [-0.1, -0.05) is 73.0 Å². The molecular weight excluding hydrogens is 725 g/mol. The van der Waals surface area contributed by atoms with Crippen molar-refractivity contribution in [2.45, 2.75) is 138 Å². The van der Waals surface area contributed by atoms with Crippen molar-refractivity contribution in [1.29, 1.82) is 5.26 Å². The zero-order chi connectivity index (χ0) is 42.1. The van der Waals surface area contributed by atoms with Gasteiger partial charge in [-0.3, -0.25) is 19.2 Å². The molecule has 0 aromatic rings. The Morgan fingerprint density at radius 2 is 1.52 bits per heavy atom. The van der Waals surface area contributed by atoms with Crippen molar-refractivity contribution in [3.63, 3.8) is 0 Å². The summed E-state index contributed by atoms with van der Waals surface area (Å²) in [7, 11) is 0. The van der Waals surface area contributed by atoms with E-state index in [9.17, 15) is 37.6 Å². The summed E-state index contributed by atoms with van der Waals surface area (Å²) in [6.45, 7) is 17.1. The number of hydrogen-bond donors (Lipinski definition) is 4. The Hall–Kier alpha value is -3.53. The molecule has 0 bridgehead atoms. The number of unbranched alkanes of at least 4 members (excludes halogenated alkanes) is 3. The van der Waals surface area contributed by atoms with Crippen LogP contribution in [0.15, 0.2) is 23.3 Å². The number of alkyl halides is 3. The number of fused-ring (bicyclic) bond motifs is 7. The van der Waals surface area contributed by atoms with Gasteiger partial charge in [0.1, 0.15) is 6.07 Å². The first-order chi connectivity index (χ1) is 25.9. The van der Waals surface area contributed by atoms with Gasteiger partial charge >= 0.3 is 12.1 Å². The van der Waals surface area contributed by atoms with Gasteiger partial charge in [0.15, 0.2) is 11.6 Å². The van der Waals surface area contributed by atoms with E-state index in [0.29, 0.717) is 32.5 Å². The molecule has 0 spiro atoms. The number of Topliss-reactive ketones (excluding diaryl/α,β-unsaturated/α-hetero) is 1. The molecule has 0 unspecified atom stereocenters. The molecule has 0 saturated heterocycles. The van der Waals surface area contributed by atoms with Crippen molar-refractivity contribution in [2.75, 3.05) is 19.6 Å². The monoisotopic (exact) mass is 788 g/mol. The number of carboxylic acids is 1. The predicted octanol–water partition coefficient (Wildman–Crippen LogP) is 7.37. The Morgan fingerprint density at radius 3 is 2.12 bits per heavy atom. The number of rotatable bonds is 11. The maximum atomic E-state index is 14.7. The maximum Gasteiger partial charge on any atom is 0.490 e. The van der Waals surface area contributed by atoms with Gasteiger partial charge in [-0.2, -0.15) is 18.4 Å². The average Bonchev–Trinajstić information content (AvgIpc) is 3.10. The van der Waals surface area contributed by atoms with Gasteiger partial charge in [0.25, 0.3) is 0 Å². The van der Waals surface area contributed by atoms with Crippen LogP contribution in [0.3, 0.4) is 0 Å². The number of aliphatic carboxylic acids is 1. The van der Waals surface area contributed by atoms with Crippen molar-refractivity contribution in [3.05, 3.63) is 23.3 Å². The van der Waals surface area contributed by atoms with Crippen LogP contribution >= 0.6 is 0 Å². The van der Waals surface area contributed by atoms with Gasteiger partial charge in [-0.15, -0.1) is 0 Å². The van der Waals surface area contributed by atoms with Gasteiger partial charge in [-0.05, 0) is 105 Å². The van der Waals surface area contributed by atoms with Crippen LogP contribution < -0.4 is 16.4 Å². The predicted molar refractivity (Wildman–Crippen MR) is 205 cm³/mol. The molecule has 0 heterocycles. The lowest BCUT2D eigenvalue weighted by molar-refractivity contribution is -0.192. The third-order valence-corrected chi connectivity index (χ3v) is 14.9. The van der Waals surface area contributed by atoms with E-state index in [0.717, 1.165) is 76.2 Å². The summed E-state index contributed by atoms with van der Waals surface area (Å²) in [4.78, 5) is 63.8. The molecule has 5 rings (SSSR count). The van der Waals surface area contributed by atoms with E-state index >= 15 is 0 Å². The van der Waals surface area contributed by atoms with Crippen LogP contribution in [-0.4, -0.2) is 60.3 Å². The number of amides is 2. The third-order valence-electron chi connectivity index (χ3n) is 14.9. The van der Waals surface area contributed by atoms with E-state index in [2.05, 4.69) is 51.3 Å². The Morgan fingerprint density at radius 1 is 0.911 bits per heavy atom. The molecule has 56 heavy (non-hydrogen) atoms. The van der Waals surface area contributed by atoms with Crippen LogP contribution in [0.25, 0.3) is 0 Å². The van der Waals surface area contributed by atoms with Crippen LogP contribution in [0.2, 0.25) is 0 Å². The van der Waals surface area contributed by atoms with Crippen LogP contribution in [0, 0.1) is 61.6 Å².